The molecule has 0 aliphatic carbocycles. The Bertz CT molecular complexity index is 737. The zero-order valence-electron chi connectivity index (χ0n) is 12.0. The number of para-hydroxylation sites is 1. The molecular weight excluding hydrogens is 244 g/mol. The van der Waals surface area contributed by atoms with Crippen molar-refractivity contribution in [1.29, 1.82) is 0 Å². The Hall–Kier alpha value is -1.54. The lowest BCUT2D eigenvalue weighted by molar-refractivity contribution is 0.0975. The van der Waals surface area contributed by atoms with E-state index in [2.05, 4.69) is 46.7 Å². The predicted molar refractivity (Wildman–Crippen MR) is 82.6 cm³/mol. The predicted octanol–water partition coefficient (Wildman–Crippen LogP) is 3.82. The maximum absolute atomic E-state index is 2.73. The molecule has 0 N–H and O–H groups in total. The van der Waals surface area contributed by atoms with Gasteiger partial charge in [0.05, 0.1) is 11.6 Å². The summed E-state index contributed by atoms with van der Waals surface area (Å²) in [5.74, 6) is 0.736. The minimum absolute atomic E-state index is 0.642. The summed E-state index contributed by atoms with van der Waals surface area (Å²) in [6.07, 6.45) is 6.48. The third-order valence-electron chi connectivity index (χ3n) is 5.54. The molecule has 1 fully saturated rings. The number of piperidine rings is 1. The molecule has 0 amide bonds. The number of hydrogen-bond acceptors (Lipinski definition) is 1. The third kappa shape index (κ3) is 1.23. The summed E-state index contributed by atoms with van der Waals surface area (Å²) in [5, 5.41) is 1.49. The van der Waals surface area contributed by atoms with Crippen molar-refractivity contribution in [3.05, 3.63) is 41.6 Å². The first-order valence-electron chi connectivity index (χ1n) is 7.89. The van der Waals surface area contributed by atoms with Crippen LogP contribution in [0.2, 0.25) is 0 Å². The normalized spacial score (nSPS) is 28.4. The fourth-order valence-electron chi connectivity index (χ4n) is 4.82. The third-order valence-corrected chi connectivity index (χ3v) is 5.54. The van der Waals surface area contributed by atoms with Crippen LogP contribution in [0.15, 0.2) is 30.3 Å². The van der Waals surface area contributed by atoms with E-state index >= 15 is 0 Å². The van der Waals surface area contributed by atoms with Gasteiger partial charge in [-0.25, -0.2) is 0 Å². The van der Waals surface area contributed by atoms with Gasteiger partial charge in [-0.1, -0.05) is 24.3 Å². The molecule has 0 saturated carbocycles. The summed E-state index contributed by atoms with van der Waals surface area (Å²) in [7, 11) is 0. The lowest BCUT2D eigenvalue weighted by Gasteiger charge is -2.46. The molecule has 0 radical (unpaired) electrons. The molecule has 0 spiro atoms. The van der Waals surface area contributed by atoms with Gasteiger partial charge in [0, 0.05) is 29.2 Å². The van der Waals surface area contributed by atoms with E-state index in [9.17, 15) is 0 Å². The van der Waals surface area contributed by atoms with Crippen molar-refractivity contribution < 1.29 is 0 Å². The van der Waals surface area contributed by atoms with Gasteiger partial charge < -0.3 is 4.57 Å². The largest absolute Gasteiger partial charge is 0.316 e. The second-order valence-corrected chi connectivity index (χ2v) is 6.56. The monoisotopic (exact) mass is 264 g/mol. The molecule has 0 unspecified atom stereocenters. The van der Waals surface area contributed by atoms with E-state index < -0.39 is 0 Å². The van der Waals surface area contributed by atoms with E-state index in [4.69, 9.17) is 0 Å². The van der Waals surface area contributed by atoms with Crippen molar-refractivity contribution in [1.82, 2.24) is 9.47 Å². The van der Waals surface area contributed by atoms with Crippen molar-refractivity contribution >= 4 is 16.6 Å². The van der Waals surface area contributed by atoms with E-state index in [1.165, 1.54) is 49.0 Å². The highest BCUT2D eigenvalue weighted by atomic mass is 15.2. The molecule has 3 aliphatic rings. The SMILES string of the molecule is CC1=C[C@@H]2CCCN3CCc4c(n1c1ccccc41)[C@@H]23. The molecular formula is C18H20N2. The number of aromatic nitrogens is 1. The molecule has 0 bridgehead atoms. The molecule has 1 aromatic carbocycles. The fourth-order valence-corrected chi connectivity index (χ4v) is 4.82. The number of benzene rings is 1. The van der Waals surface area contributed by atoms with E-state index in [0.717, 1.165) is 5.92 Å². The average Bonchev–Trinajstić information content (AvgIpc) is 2.82. The van der Waals surface area contributed by atoms with Crippen LogP contribution in [0.1, 0.15) is 37.1 Å². The van der Waals surface area contributed by atoms with Crippen LogP contribution in [-0.4, -0.2) is 22.6 Å². The Balaban J connectivity index is 1.89. The van der Waals surface area contributed by atoms with Crippen LogP contribution >= 0.6 is 0 Å². The molecule has 5 rings (SSSR count). The van der Waals surface area contributed by atoms with Gasteiger partial charge in [0.15, 0.2) is 0 Å². The van der Waals surface area contributed by atoms with Crippen LogP contribution in [0.4, 0.5) is 0 Å². The Labute approximate surface area is 119 Å². The van der Waals surface area contributed by atoms with Crippen molar-refractivity contribution in [2.75, 3.05) is 13.1 Å². The molecule has 1 saturated heterocycles. The maximum Gasteiger partial charge on any atom is 0.0571 e. The zero-order chi connectivity index (χ0) is 13.3. The molecule has 3 aliphatic heterocycles. The minimum atomic E-state index is 0.642. The molecule has 2 aromatic rings. The van der Waals surface area contributed by atoms with Crippen molar-refractivity contribution in [2.45, 2.75) is 32.2 Å². The first-order valence-corrected chi connectivity index (χ1v) is 7.89. The van der Waals surface area contributed by atoms with Crippen molar-refractivity contribution in [3.63, 3.8) is 0 Å². The van der Waals surface area contributed by atoms with Crippen LogP contribution < -0.4 is 0 Å². The van der Waals surface area contributed by atoms with Crippen LogP contribution in [0.3, 0.4) is 0 Å². The highest BCUT2D eigenvalue weighted by Crippen LogP contribution is 2.48. The Morgan fingerprint density at radius 1 is 1.15 bits per heavy atom. The smallest absolute Gasteiger partial charge is 0.0571 e. The molecule has 2 heteroatoms. The van der Waals surface area contributed by atoms with E-state index in [1.54, 1.807) is 11.3 Å². The Morgan fingerprint density at radius 3 is 3.00 bits per heavy atom. The summed E-state index contributed by atoms with van der Waals surface area (Å²) in [6, 6.07) is 9.61. The second-order valence-electron chi connectivity index (χ2n) is 6.56. The van der Waals surface area contributed by atoms with Gasteiger partial charge >= 0.3 is 0 Å². The topological polar surface area (TPSA) is 8.17 Å². The van der Waals surface area contributed by atoms with Gasteiger partial charge in [0.2, 0.25) is 0 Å². The molecule has 4 heterocycles. The summed E-state index contributed by atoms with van der Waals surface area (Å²) in [5.41, 5.74) is 6.09. The Morgan fingerprint density at radius 2 is 2.05 bits per heavy atom. The highest BCUT2D eigenvalue weighted by Gasteiger charge is 2.41. The number of nitrogens with zero attached hydrogens (tertiary/aromatic N) is 2. The van der Waals surface area contributed by atoms with Gasteiger partial charge in [0.25, 0.3) is 0 Å². The standard InChI is InChI=1S/C18H20N2/c1-12-11-13-5-4-9-19-10-8-15-14-6-2-3-7-16(14)20(12)18(15)17(13)19/h2-3,6-7,11,13,17H,4-5,8-10H2,1H3/t13-,17+/m0/s1. The van der Waals surface area contributed by atoms with Crippen LogP contribution in [0.5, 0.6) is 0 Å². The van der Waals surface area contributed by atoms with Gasteiger partial charge in [-0.3, -0.25) is 4.90 Å². The first-order chi connectivity index (χ1) is 9.84. The summed E-state index contributed by atoms with van der Waals surface area (Å²) >= 11 is 0. The van der Waals surface area contributed by atoms with Gasteiger partial charge in [-0.05, 0) is 44.4 Å². The second kappa shape index (κ2) is 3.76. The van der Waals surface area contributed by atoms with Crippen LogP contribution in [0, 0.1) is 5.92 Å². The maximum atomic E-state index is 2.73. The van der Waals surface area contributed by atoms with Crippen molar-refractivity contribution in [3.8, 4) is 0 Å². The number of hydrogen-bond donors (Lipinski definition) is 0. The average molecular weight is 264 g/mol. The summed E-state index contributed by atoms with van der Waals surface area (Å²) < 4.78 is 2.54. The minimum Gasteiger partial charge on any atom is -0.316 e. The van der Waals surface area contributed by atoms with E-state index in [0.29, 0.717) is 6.04 Å². The lowest BCUT2D eigenvalue weighted by Crippen LogP contribution is -2.44. The zero-order valence-corrected chi connectivity index (χ0v) is 12.0. The first kappa shape index (κ1) is 11.2. The number of allylic oxidation sites excluding steroid dienone is 1. The number of fused-ring (bicyclic) bond motifs is 3. The molecule has 20 heavy (non-hydrogen) atoms. The van der Waals surface area contributed by atoms with Crippen LogP contribution in [0.25, 0.3) is 16.6 Å². The van der Waals surface area contributed by atoms with Crippen LogP contribution in [-0.2, 0) is 6.42 Å². The van der Waals surface area contributed by atoms with Gasteiger partial charge in [-0.2, -0.15) is 0 Å². The molecule has 2 atom stereocenters. The summed E-state index contributed by atoms with van der Waals surface area (Å²) in [4.78, 5) is 2.73. The van der Waals surface area contributed by atoms with Crippen molar-refractivity contribution in [2.24, 2.45) is 5.92 Å². The van der Waals surface area contributed by atoms with Gasteiger partial charge in [0.1, 0.15) is 0 Å². The van der Waals surface area contributed by atoms with E-state index in [-0.39, 0.29) is 0 Å². The summed E-state index contributed by atoms with van der Waals surface area (Å²) in [6.45, 7) is 4.82. The fraction of sp³-hybridized carbons (Fsp3) is 0.444. The van der Waals surface area contributed by atoms with E-state index in [1.807, 2.05) is 0 Å². The number of rotatable bonds is 0. The molecule has 102 valence electrons. The lowest BCUT2D eigenvalue weighted by atomic mass is 9.80. The Kier molecular flexibility index (Phi) is 2.10. The highest BCUT2D eigenvalue weighted by molar-refractivity contribution is 5.89. The molecule has 2 nitrogen and oxygen atoms in total. The molecule has 1 aromatic heterocycles. The van der Waals surface area contributed by atoms with Gasteiger partial charge in [-0.15, -0.1) is 0 Å². The quantitative estimate of drug-likeness (QED) is 0.702.